The fourth-order valence-electron chi connectivity index (χ4n) is 1.31. The van der Waals surface area contributed by atoms with E-state index in [1.807, 2.05) is 37.3 Å². The fraction of sp³-hybridized carbons (Fsp3) is 0.200. The van der Waals surface area contributed by atoms with Crippen LogP contribution >= 0.6 is 0 Å². The van der Waals surface area contributed by atoms with Gasteiger partial charge in [-0.2, -0.15) is 0 Å². The summed E-state index contributed by atoms with van der Waals surface area (Å²) in [7, 11) is 0. The Balaban J connectivity index is 5.00. The zero-order valence-corrected chi connectivity index (χ0v) is 9.74. The van der Waals surface area contributed by atoms with Crippen molar-refractivity contribution in [3.8, 4) is 0 Å². The molecule has 0 heteroatoms. The van der Waals surface area contributed by atoms with E-state index >= 15 is 0 Å². The largest absolute Gasteiger partial charge is 0.0991 e. The molecular formula is C15H20. The van der Waals surface area contributed by atoms with Crippen molar-refractivity contribution in [2.45, 2.75) is 13.8 Å². The van der Waals surface area contributed by atoms with Crippen molar-refractivity contribution in [3.63, 3.8) is 0 Å². The van der Waals surface area contributed by atoms with Crippen LogP contribution in [0.2, 0.25) is 0 Å². The molecule has 0 saturated heterocycles. The predicted octanol–water partition coefficient (Wildman–Crippen LogP) is 4.61. The van der Waals surface area contributed by atoms with E-state index < -0.39 is 0 Å². The quantitative estimate of drug-likeness (QED) is 0.549. The maximum atomic E-state index is 3.82. The Kier molecular flexibility index (Phi) is 7.00. The molecule has 1 unspecified atom stereocenters. The van der Waals surface area contributed by atoms with Crippen molar-refractivity contribution in [3.05, 3.63) is 73.4 Å². The Bertz CT molecular complexity index is 311. The van der Waals surface area contributed by atoms with Crippen molar-refractivity contribution < 1.29 is 0 Å². The zero-order chi connectivity index (χ0) is 11.7. The molecule has 0 aliphatic carbocycles. The number of hydrogen-bond donors (Lipinski definition) is 0. The van der Waals surface area contributed by atoms with E-state index in [9.17, 15) is 0 Å². The maximum Gasteiger partial charge on any atom is 0.00605 e. The molecule has 0 aromatic heterocycles. The minimum absolute atomic E-state index is 0.300. The van der Waals surface area contributed by atoms with Crippen LogP contribution in [-0.2, 0) is 0 Å². The van der Waals surface area contributed by atoms with Gasteiger partial charge in [0.2, 0.25) is 0 Å². The molecule has 80 valence electrons. The summed E-state index contributed by atoms with van der Waals surface area (Å²) in [4.78, 5) is 0. The molecule has 0 aromatic carbocycles. The molecule has 0 rings (SSSR count). The van der Waals surface area contributed by atoms with E-state index in [0.717, 1.165) is 5.57 Å². The van der Waals surface area contributed by atoms with Gasteiger partial charge in [-0.05, 0) is 18.1 Å². The van der Waals surface area contributed by atoms with Crippen LogP contribution in [0.1, 0.15) is 13.8 Å². The van der Waals surface area contributed by atoms with Gasteiger partial charge in [0, 0.05) is 5.92 Å². The molecule has 15 heavy (non-hydrogen) atoms. The van der Waals surface area contributed by atoms with Gasteiger partial charge in [0.25, 0.3) is 0 Å². The Morgan fingerprint density at radius 2 is 1.53 bits per heavy atom. The second-order valence-electron chi connectivity index (χ2n) is 3.22. The third-order valence-corrected chi connectivity index (χ3v) is 2.26. The van der Waals surface area contributed by atoms with E-state index in [2.05, 4.69) is 32.7 Å². The molecule has 0 spiro atoms. The third kappa shape index (κ3) is 4.46. The zero-order valence-electron chi connectivity index (χ0n) is 9.74. The highest BCUT2D eigenvalue weighted by molar-refractivity contribution is 5.36. The summed E-state index contributed by atoms with van der Waals surface area (Å²) in [5, 5.41) is 0. The Labute approximate surface area is 93.7 Å². The van der Waals surface area contributed by atoms with E-state index in [1.165, 1.54) is 5.57 Å². The van der Waals surface area contributed by atoms with E-state index in [4.69, 9.17) is 0 Å². The standard InChI is InChI=1S/C15H20/c1-6-10-12-15(9-4)13(5)14(8-3)11-7-2/h6-13H,2-4H2,1,5H3/b10-6-,14-11+,15-12+. The SMILES string of the molecule is C=C/C=C(\C=C)C(C)/C(C=C)=C/C=C\C. The molecule has 0 nitrogen and oxygen atoms in total. The topological polar surface area (TPSA) is 0 Å². The lowest BCUT2D eigenvalue weighted by Crippen LogP contribution is -1.99. The van der Waals surface area contributed by atoms with Gasteiger partial charge in [-0.1, -0.05) is 69.2 Å². The van der Waals surface area contributed by atoms with Crippen LogP contribution in [0.25, 0.3) is 0 Å². The molecule has 0 aliphatic heterocycles. The highest BCUT2D eigenvalue weighted by Crippen LogP contribution is 2.21. The monoisotopic (exact) mass is 200 g/mol. The summed E-state index contributed by atoms with van der Waals surface area (Å²) < 4.78 is 0. The lowest BCUT2D eigenvalue weighted by molar-refractivity contribution is 0.849. The summed E-state index contributed by atoms with van der Waals surface area (Å²) >= 11 is 0. The molecular weight excluding hydrogens is 180 g/mol. The molecule has 1 atom stereocenters. The normalized spacial score (nSPS) is 15.1. The van der Waals surface area contributed by atoms with Gasteiger partial charge in [0.1, 0.15) is 0 Å². The first kappa shape index (κ1) is 13.4. The average molecular weight is 200 g/mol. The summed E-state index contributed by atoms with van der Waals surface area (Å²) in [6.45, 7) is 15.4. The van der Waals surface area contributed by atoms with Crippen LogP contribution in [0.15, 0.2) is 73.4 Å². The van der Waals surface area contributed by atoms with Gasteiger partial charge in [0.15, 0.2) is 0 Å². The molecule has 0 saturated carbocycles. The van der Waals surface area contributed by atoms with Crippen LogP contribution in [0, 0.1) is 5.92 Å². The predicted molar refractivity (Wildman–Crippen MR) is 70.7 cm³/mol. The van der Waals surface area contributed by atoms with Crippen LogP contribution in [0.4, 0.5) is 0 Å². The van der Waals surface area contributed by atoms with Gasteiger partial charge < -0.3 is 0 Å². The first-order valence-electron chi connectivity index (χ1n) is 5.11. The lowest BCUT2D eigenvalue weighted by atomic mass is 9.92. The van der Waals surface area contributed by atoms with E-state index in [-0.39, 0.29) is 0 Å². The smallest absolute Gasteiger partial charge is 0.00605 e. The van der Waals surface area contributed by atoms with Crippen molar-refractivity contribution in [2.24, 2.45) is 5.92 Å². The van der Waals surface area contributed by atoms with Crippen LogP contribution in [-0.4, -0.2) is 0 Å². The molecule has 0 radical (unpaired) electrons. The molecule has 0 heterocycles. The number of rotatable bonds is 6. The van der Waals surface area contributed by atoms with Crippen LogP contribution in [0.3, 0.4) is 0 Å². The molecule has 0 aliphatic rings. The second-order valence-corrected chi connectivity index (χ2v) is 3.22. The second kappa shape index (κ2) is 7.81. The third-order valence-electron chi connectivity index (χ3n) is 2.26. The van der Waals surface area contributed by atoms with Gasteiger partial charge in [-0.3, -0.25) is 0 Å². The molecule has 0 N–H and O–H groups in total. The summed E-state index contributed by atoms with van der Waals surface area (Å²) in [5.41, 5.74) is 2.33. The first-order valence-corrected chi connectivity index (χ1v) is 5.11. The molecule has 0 aromatic rings. The Hall–Kier alpha value is -1.56. The molecule has 0 bridgehead atoms. The van der Waals surface area contributed by atoms with Crippen LogP contribution < -0.4 is 0 Å². The van der Waals surface area contributed by atoms with E-state index in [0.29, 0.717) is 5.92 Å². The van der Waals surface area contributed by atoms with Crippen molar-refractivity contribution >= 4 is 0 Å². The minimum Gasteiger partial charge on any atom is -0.0991 e. The maximum absolute atomic E-state index is 3.82. The highest BCUT2D eigenvalue weighted by atomic mass is 14.1. The van der Waals surface area contributed by atoms with Crippen molar-refractivity contribution in [2.75, 3.05) is 0 Å². The van der Waals surface area contributed by atoms with Gasteiger partial charge in [-0.25, -0.2) is 0 Å². The van der Waals surface area contributed by atoms with Gasteiger partial charge >= 0.3 is 0 Å². The molecule has 0 fully saturated rings. The van der Waals surface area contributed by atoms with E-state index in [1.54, 1.807) is 6.08 Å². The Morgan fingerprint density at radius 3 is 1.93 bits per heavy atom. The summed E-state index contributed by atoms with van der Waals surface area (Å²) in [5.74, 6) is 0.300. The van der Waals surface area contributed by atoms with Crippen molar-refractivity contribution in [1.29, 1.82) is 0 Å². The van der Waals surface area contributed by atoms with Crippen molar-refractivity contribution in [1.82, 2.24) is 0 Å². The average Bonchev–Trinajstić information content (AvgIpc) is 2.26. The minimum atomic E-state index is 0.300. The van der Waals surface area contributed by atoms with Gasteiger partial charge in [0.05, 0.1) is 0 Å². The van der Waals surface area contributed by atoms with Gasteiger partial charge in [-0.15, -0.1) is 0 Å². The Morgan fingerprint density at radius 1 is 1.00 bits per heavy atom. The van der Waals surface area contributed by atoms with Crippen LogP contribution in [0.5, 0.6) is 0 Å². The number of hydrogen-bond acceptors (Lipinski definition) is 0. The number of allylic oxidation sites excluding steroid dienone is 9. The first-order chi connectivity index (χ1) is 7.21. The lowest BCUT2D eigenvalue weighted by Gasteiger charge is -2.13. The summed E-state index contributed by atoms with van der Waals surface area (Å²) in [6, 6.07) is 0. The molecule has 0 amide bonds. The highest BCUT2D eigenvalue weighted by Gasteiger charge is 2.07. The summed E-state index contributed by atoms with van der Waals surface area (Å²) in [6.07, 6.45) is 13.6. The fourth-order valence-corrected chi connectivity index (χ4v) is 1.31.